The number of carboxylic acid groups (broad SMARTS) is 1. The van der Waals surface area contributed by atoms with Gasteiger partial charge in [-0.1, -0.05) is 6.07 Å². The van der Waals surface area contributed by atoms with E-state index in [1.165, 1.54) is 31.4 Å². The van der Waals surface area contributed by atoms with Crippen LogP contribution in [0.25, 0.3) is 6.08 Å². The van der Waals surface area contributed by atoms with Gasteiger partial charge in [0.05, 0.1) is 37.2 Å². The van der Waals surface area contributed by atoms with Crippen LogP contribution in [0, 0.1) is 10.1 Å². The summed E-state index contributed by atoms with van der Waals surface area (Å²) in [6.45, 7) is 0.200. The molecule has 0 radical (unpaired) electrons. The minimum atomic E-state index is -2.61. The van der Waals surface area contributed by atoms with Crippen molar-refractivity contribution in [1.29, 1.82) is 0 Å². The molecule has 34 heavy (non-hydrogen) atoms. The van der Waals surface area contributed by atoms with Gasteiger partial charge in [0.2, 0.25) is 12.1 Å². The van der Waals surface area contributed by atoms with Crippen molar-refractivity contribution in [3.05, 3.63) is 40.1 Å². The van der Waals surface area contributed by atoms with Gasteiger partial charge in [0.15, 0.2) is 11.5 Å². The largest absolute Gasteiger partial charge is 0.493 e. The zero-order valence-corrected chi connectivity index (χ0v) is 18.2. The zero-order valence-electron chi connectivity index (χ0n) is 18.2. The molecule has 0 aliphatic carbocycles. The van der Waals surface area contributed by atoms with E-state index in [4.69, 9.17) is 14.2 Å². The lowest BCUT2D eigenvalue weighted by atomic mass is 9.88. The van der Waals surface area contributed by atoms with Crippen molar-refractivity contribution in [3.8, 4) is 11.5 Å². The first-order valence-electron chi connectivity index (χ1n) is 9.96. The first-order valence-corrected chi connectivity index (χ1v) is 9.96. The van der Waals surface area contributed by atoms with E-state index in [1.807, 2.05) is 0 Å². The number of aliphatic carboxylic acids is 1. The van der Waals surface area contributed by atoms with E-state index in [0.717, 1.165) is 6.92 Å². The number of rotatable bonds is 10. The molecule has 14 nitrogen and oxygen atoms in total. The molecule has 1 aromatic carbocycles. The van der Waals surface area contributed by atoms with Crippen LogP contribution in [-0.4, -0.2) is 92.3 Å². The molecule has 6 atom stereocenters. The highest BCUT2D eigenvalue weighted by molar-refractivity contribution is 5.77. The molecule has 0 spiro atoms. The van der Waals surface area contributed by atoms with Gasteiger partial charge < -0.3 is 45.1 Å². The molecule has 6 N–H and O–H groups in total. The van der Waals surface area contributed by atoms with Crippen LogP contribution in [-0.2, 0) is 14.3 Å². The highest BCUT2D eigenvalue weighted by Crippen LogP contribution is 2.38. The molecule has 2 rings (SSSR count). The average Bonchev–Trinajstić information content (AvgIpc) is 2.78. The second kappa shape index (κ2) is 11.2. The van der Waals surface area contributed by atoms with Gasteiger partial charge in [0.25, 0.3) is 0 Å². The summed E-state index contributed by atoms with van der Waals surface area (Å²) in [7, 11) is 1.24. The van der Waals surface area contributed by atoms with E-state index in [0.29, 0.717) is 11.8 Å². The van der Waals surface area contributed by atoms with Crippen molar-refractivity contribution in [1.82, 2.24) is 5.32 Å². The van der Waals surface area contributed by atoms with E-state index >= 15 is 0 Å². The molecule has 1 aromatic rings. The highest BCUT2D eigenvalue weighted by Gasteiger charge is 2.57. The summed E-state index contributed by atoms with van der Waals surface area (Å²) >= 11 is 0. The topological polar surface area (TPSA) is 218 Å². The Morgan fingerprint density at radius 1 is 1.38 bits per heavy atom. The number of hydrogen-bond donors (Lipinski definition) is 6. The summed E-state index contributed by atoms with van der Waals surface area (Å²) in [6, 6.07) is 2.61. The molecule has 1 saturated heterocycles. The number of benzene rings is 1. The van der Waals surface area contributed by atoms with Crippen molar-refractivity contribution < 1.29 is 54.3 Å². The van der Waals surface area contributed by atoms with Gasteiger partial charge in [-0.15, -0.1) is 0 Å². The Morgan fingerprint density at radius 2 is 2.06 bits per heavy atom. The molecule has 1 aliphatic heterocycles. The summed E-state index contributed by atoms with van der Waals surface area (Å²) in [5, 5.41) is 62.9. The van der Waals surface area contributed by atoms with E-state index < -0.39 is 66.1 Å². The van der Waals surface area contributed by atoms with E-state index in [9.17, 15) is 45.2 Å². The quantitative estimate of drug-likeness (QED) is 0.164. The van der Waals surface area contributed by atoms with Crippen molar-refractivity contribution in [2.75, 3.05) is 13.7 Å². The van der Waals surface area contributed by atoms with Crippen LogP contribution in [0.15, 0.2) is 24.4 Å². The Labute approximate surface area is 193 Å². The van der Waals surface area contributed by atoms with Gasteiger partial charge >= 0.3 is 11.8 Å². The molecule has 188 valence electrons. The highest BCUT2D eigenvalue weighted by atomic mass is 16.7. The zero-order chi connectivity index (χ0) is 25.6. The minimum absolute atomic E-state index is 0.0271. The number of carbonyl (C=O) groups is 2. The molecule has 1 heterocycles. The van der Waals surface area contributed by atoms with Crippen molar-refractivity contribution in [3.63, 3.8) is 0 Å². The van der Waals surface area contributed by atoms with Crippen LogP contribution in [0.4, 0.5) is 0 Å². The summed E-state index contributed by atoms with van der Waals surface area (Å²) < 4.78 is 16.3. The number of amides is 1. The predicted octanol–water partition coefficient (Wildman–Crippen LogP) is -1.53. The van der Waals surface area contributed by atoms with E-state index in [2.05, 4.69) is 5.32 Å². The molecule has 0 bridgehead atoms. The number of nitro groups is 1. The van der Waals surface area contributed by atoms with Gasteiger partial charge in [0.1, 0.15) is 18.3 Å². The van der Waals surface area contributed by atoms with Gasteiger partial charge in [-0.05, 0) is 17.7 Å². The smallest absolute Gasteiger partial charge is 0.377 e. The van der Waals surface area contributed by atoms with E-state index in [-0.39, 0.29) is 11.5 Å². The molecule has 1 amide bonds. The van der Waals surface area contributed by atoms with Crippen LogP contribution in [0.3, 0.4) is 0 Å². The third-order valence-corrected chi connectivity index (χ3v) is 5.04. The summed E-state index contributed by atoms with van der Waals surface area (Å²) in [5.74, 6) is -5.15. The fourth-order valence-electron chi connectivity index (χ4n) is 3.43. The number of ether oxygens (including phenoxy) is 3. The number of carboxylic acids is 1. The molecular formula is C20H26N2O12. The maximum absolute atomic E-state index is 12.2. The Kier molecular flexibility index (Phi) is 8.89. The van der Waals surface area contributed by atoms with Gasteiger partial charge in [-0.25, -0.2) is 4.79 Å². The maximum atomic E-state index is 12.2. The number of hydrogen-bond acceptors (Lipinski definition) is 11. The van der Waals surface area contributed by atoms with Crippen LogP contribution in [0.2, 0.25) is 0 Å². The molecule has 14 heteroatoms. The third kappa shape index (κ3) is 6.18. The number of nitrogens with one attached hydrogen (secondary N) is 1. The first kappa shape index (κ1) is 26.9. The second-order valence-electron chi connectivity index (χ2n) is 7.49. The lowest BCUT2D eigenvalue weighted by molar-refractivity contribution is -0.400. The van der Waals surface area contributed by atoms with Crippen molar-refractivity contribution >= 4 is 18.0 Å². The second-order valence-corrected chi connectivity index (χ2v) is 7.49. The summed E-state index contributed by atoms with van der Waals surface area (Å²) in [5.41, 5.74) is 0.333. The average molecular weight is 486 g/mol. The molecular weight excluding hydrogens is 460 g/mol. The van der Waals surface area contributed by atoms with Crippen LogP contribution >= 0.6 is 0 Å². The molecule has 1 aliphatic rings. The number of carbonyl (C=O) groups excluding carboxylic acids is 1. The van der Waals surface area contributed by atoms with Crippen molar-refractivity contribution in [2.45, 2.75) is 49.6 Å². The monoisotopic (exact) mass is 486 g/mol. The number of methoxy groups -OCH3 is 1. The van der Waals surface area contributed by atoms with Crippen molar-refractivity contribution in [2.24, 2.45) is 0 Å². The Balaban J connectivity index is 2.47. The fraction of sp³-hybridized carbons (Fsp3) is 0.500. The normalized spacial score (nSPS) is 26.5. The minimum Gasteiger partial charge on any atom is -0.493 e. The fourth-order valence-corrected chi connectivity index (χ4v) is 3.43. The van der Waals surface area contributed by atoms with Gasteiger partial charge in [-0.2, -0.15) is 0 Å². The standard InChI is InChI=1S/C20H26N2O12/c1-10(24)21-16-12(25)8-20(19(28)29,34-18(16)17(27)13(26)9-23)33-14-4-3-11(5-6-22(30)31)7-15(14)32-2/h3-7,12-13,16-18,23,25-27H,8-9H2,1-2H3,(H,21,24)(H,28,29)/t12-,13+,16+,17+,18+,20+/m0/s1. The Morgan fingerprint density at radius 3 is 2.59 bits per heavy atom. The third-order valence-electron chi connectivity index (χ3n) is 5.04. The number of aliphatic hydroxyl groups is 4. The summed E-state index contributed by atoms with van der Waals surface area (Å²) in [4.78, 5) is 33.7. The van der Waals surface area contributed by atoms with Crippen LogP contribution in [0.1, 0.15) is 18.9 Å². The maximum Gasteiger partial charge on any atom is 0.377 e. The Bertz CT molecular complexity index is 938. The molecule has 0 aromatic heterocycles. The molecule has 0 saturated carbocycles. The number of nitrogens with zero attached hydrogens (tertiary/aromatic N) is 1. The molecule has 1 fully saturated rings. The number of aliphatic hydroxyl groups excluding tert-OH is 4. The Hall–Kier alpha value is -3.30. The molecule has 0 unspecified atom stereocenters. The lowest BCUT2D eigenvalue weighted by Gasteiger charge is -2.46. The SMILES string of the molecule is COc1cc(C=C[N+](=O)[O-])ccc1O[C@]1(C(=O)O)C[C@H](O)[C@@H](NC(C)=O)[C@H]([C@H](O)[C@H](O)CO)O1. The van der Waals surface area contributed by atoms with Gasteiger partial charge in [-0.3, -0.25) is 14.9 Å². The van der Waals surface area contributed by atoms with Crippen LogP contribution in [0.5, 0.6) is 11.5 Å². The van der Waals surface area contributed by atoms with Crippen LogP contribution < -0.4 is 14.8 Å². The van der Waals surface area contributed by atoms with E-state index in [1.54, 1.807) is 0 Å². The predicted molar refractivity (Wildman–Crippen MR) is 112 cm³/mol. The first-order chi connectivity index (χ1) is 15.9. The lowest BCUT2D eigenvalue weighted by Crippen LogP contribution is -2.68. The van der Waals surface area contributed by atoms with Gasteiger partial charge in [0, 0.05) is 13.0 Å². The summed E-state index contributed by atoms with van der Waals surface area (Å²) in [6.07, 6.45) is -5.89.